The minimum absolute atomic E-state index is 0.596. The van der Waals surface area contributed by atoms with E-state index in [1.165, 1.54) is 71.6 Å². The van der Waals surface area contributed by atoms with E-state index in [2.05, 4.69) is 199 Å². The number of hydrogen-bond donors (Lipinski definition) is 0. The third-order valence-electron chi connectivity index (χ3n) is 14.0. The predicted octanol–water partition coefficient (Wildman–Crippen LogP) is 15.1. The summed E-state index contributed by atoms with van der Waals surface area (Å²) in [6.07, 6.45) is 0. The van der Waals surface area contributed by atoms with E-state index in [9.17, 15) is 0 Å². The zero-order valence-electron chi connectivity index (χ0n) is 35.7. The highest BCUT2D eigenvalue weighted by Gasteiger charge is 2.53. The first kappa shape index (κ1) is 36.7. The van der Waals surface area contributed by atoms with Crippen molar-refractivity contribution in [1.82, 2.24) is 19.5 Å². The Morgan fingerprint density at radius 2 is 0.788 bits per heavy atom. The third-order valence-corrected chi connectivity index (χ3v) is 14.0. The summed E-state index contributed by atoms with van der Waals surface area (Å²) >= 11 is 0. The third kappa shape index (κ3) is 5.07. The van der Waals surface area contributed by atoms with Crippen LogP contribution in [0.4, 0.5) is 0 Å². The molecule has 4 nitrogen and oxygen atoms in total. The largest absolute Gasteiger partial charge is 0.308 e. The van der Waals surface area contributed by atoms with Crippen LogP contribution in [0.1, 0.15) is 22.3 Å². The fraction of sp³-hybridized carbons (Fsp3) is 0.0161. The number of hydrogen-bond acceptors (Lipinski definition) is 3. The second-order valence-electron chi connectivity index (χ2n) is 17.4. The van der Waals surface area contributed by atoms with Gasteiger partial charge < -0.3 is 4.57 Å². The predicted molar refractivity (Wildman–Crippen MR) is 270 cm³/mol. The van der Waals surface area contributed by atoms with Gasteiger partial charge in [0, 0.05) is 38.6 Å². The topological polar surface area (TPSA) is 43.6 Å². The Morgan fingerprint density at radius 3 is 1.39 bits per heavy atom. The van der Waals surface area contributed by atoms with Crippen LogP contribution in [0.2, 0.25) is 0 Å². The van der Waals surface area contributed by atoms with E-state index < -0.39 is 5.41 Å². The van der Waals surface area contributed by atoms with E-state index in [0.717, 1.165) is 39.0 Å². The molecular weight excluding hydrogens is 801 g/mol. The van der Waals surface area contributed by atoms with Crippen LogP contribution in [0.25, 0.3) is 106 Å². The van der Waals surface area contributed by atoms with Gasteiger partial charge in [-0.2, -0.15) is 0 Å². The molecule has 0 aliphatic heterocycles. The summed E-state index contributed by atoms with van der Waals surface area (Å²) < 4.78 is 2.58. The van der Waals surface area contributed by atoms with Crippen molar-refractivity contribution in [1.29, 1.82) is 0 Å². The summed E-state index contributed by atoms with van der Waals surface area (Å²) in [4.78, 5) is 15.6. The summed E-state index contributed by atoms with van der Waals surface area (Å²) in [5.41, 5.74) is 18.2. The molecule has 0 amide bonds. The van der Waals surface area contributed by atoms with Crippen molar-refractivity contribution in [2.45, 2.75) is 5.41 Å². The maximum atomic E-state index is 5.25. The molecule has 0 atom stereocenters. The van der Waals surface area contributed by atoms with Gasteiger partial charge >= 0.3 is 0 Å². The first-order valence-corrected chi connectivity index (χ1v) is 22.6. The van der Waals surface area contributed by atoms with Crippen molar-refractivity contribution in [3.63, 3.8) is 0 Å². The number of rotatable bonds is 5. The van der Waals surface area contributed by atoms with Gasteiger partial charge in [0.1, 0.15) is 0 Å². The van der Waals surface area contributed by atoms with Gasteiger partial charge in [0.15, 0.2) is 17.5 Å². The summed E-state index contributed by atoms with van der Waals surface area (Å²) in [7, 11) is 0. The molecule has 4 heteroatoms. The molecule has 66 heavy (non-hydrogen) atoms. The van der Waals surface area contributed by atoms with Crippen molar-refractivity contribution in [2.75, 3.05) is 0 Å². The lowest BCUT2D eigenvalue weighted by atomic mass is 9.70. The van der Waals surface area contributed by atoms with E-state index in [1.807, 2.05) is 36.4 Å². The van der Waals surface area contributed by atoms with Crippen molar-refractivity contribution in [3.05, 3.63) is 253 Å². The summed E-state index contributed by atoms with van der Waals surface area (Å²) in [6, 6.07) is 83.4. The molecule has 1 spiro atoms. The Balaban J connectivity index is 1.17. The van der Waals surface area contributed by atoms with E-state index in [1.54, 1.807) is 0 Å². The Kier molecular flexibility index (Phi) is 7.87. The van der Waals surface area contributed by atoms with Gasteiger partial charge in [0.2, 0.25) is 0 Å². The Morgan fingerprint density at radius 1 is 0.333 bits per heavy atom. The van der Waals surface area contributed by atoms with E-state index in [-0.39, 0.29) is 0 Å². The van der Waals surface area contributed by atoms with Crippen LogP contribution >= 0.6 is 0 Å². The first-order valence-electron chi connectivity index (χ1n) is 22.6. The zero-order valence-corrected chi connectivity index (χ0v) is 35.7. The second kappa shape index (κ2) is 14.1. The average molecular weight is 839 g/mol. The SMILES string of the molecule is c1ccc(-c2nc(-c3ccccc3)nc(-c3ccc(-c4ccccc4)c(-n4c5ccccc5c5c6ccccc6c6c(c54)C4(c5ccccc5-c5ccccc54)c4ccccc4-6)c3)n2)cc1. The van der Waals surface area contributed by atoms with Gasteiger partial charge in [-0.15, -0.1) is 0 Å². The highest BCUT2D eigenvalue weighted by Crippen LogP contribution is 2.66. The molecule has 2 heterocycles. The van der Waals surface area contributed by atoms with Gasteiger partial charge in [-0.1, -0.05) is 218 Å². The molecule has 0 saturated heterocycles. The van der Waals surface area contributed by atoms with Crippen molar-refractivity contribution >= 4 is 32.6 Å². The van der Waals surface area contributed by atoms with Crippen LogP contribution in [0.3, 0.4) is 0 Å². The smallest absolute Gasteiger partial charge is 0.164 e. The first-order chi connectivity index (χ1) is 32.8. The highest BCUT2D eigenvalue weighted by atomic mass is 15.0. The lowest BCUT2D eigenvalue weighted by Crippen LogP contribution is -2.26. The fourth-order valence-electron chi connectivity index (χ4n) is 11.4. The minimum atomic E-state index is -0.596. The molecular formula is C62H38N4. The molecule has 0 fully saturated rings. The van der Waals surface area contributed by atoms with Crippen LogP contribution in [0.5, 0.6) is 0 Å². The molecule has 2 aliphatic carbocycles. The molecule has 0 N–H and O–H groups in total. The molecule has 10 aromatic carbocycles. The lowest BCUT2D eigenvalue weighted by molar-refractivity contribution is 0.797. The Labute approximate surface area is 381 Å². The normalized spacial score (nSPS) is 13.0. The summed E-state index contributed by atoms with van der Waals surface area (Å²) in [5, 5.41) is 4.96. The zero-order chi connectivity index (χ0) is 43.3. The van der Waals surface area contributed by atoms with E-state index in [4.69, 9.17) is 15.0 Å². The fourth-order valence-corrected chi connectivity index (χ4v) is 11.4. The molecule has 306 valence electrons. The highest BCUT2D eigenvalue weighted by molar-refractivity contribution is 6.28. The van der Waals surface area contributed by atoms with Crippen molar-refractivity contribution in [3.8, 4) is 73.2 Å². The number of para-hydroxylation sites is 1. The summed E-state index contributed by atoms with van der Waals surface area (Å²) in [5.74, 6) is 1.88. The van der Waals surface area contributed by atoms with Crippen molar-refractivity contribution in [2.24, 2.45) is 0 Å². The lowest BCUT2D eigenvalue weighted by Gasteiger charge is -2.32. The minimum Gasteiger partial charge on any atom is -0.308 e. The van der Waals surface area contributed by atoms with Gasteiger partial charge in [0.25, 0.3) is 0 Å². The molecule has 0 unspecified atom stereocenters. The quantitative estimate of drug-likeness (QED) is 0.173. The maximum absolute atomic E-state index is 5.25. The molecule has 12 aromatic rings. The standard InChI is InChI=1S/C62H38N4/c1-4-20-39(21-5-1)43-37-36-42(61-64-59(40-22-6-2-7-23-40)63-60(65-61)41-24-8-3-9-25-41)38-54(43)66-53-35-19-15-31-49(53)56-47-29-11-10-28-46(47)55-48-30-14-18-34-52(48)62(57(55)58(56)66)50-32-16-12-26-44(50)45-27-13-17-33-51(45)62/h1-38H. The molecule has 0 radical (unpaired) electrons. The van der Waals surface area contributed by atoms with Gasteiger partial charge in [-0.05, 0) is 67.4 Å². The van der Waals surface area contributed by atoms with Gasteiger partial charge in [0.05, 0.1) is 22.1 Å². The van der Waals surface area contributed by atoms with Crippen LogP contribution in [0.15, 0.2) is 231 Å². The molecule has 0 bridgehead atoms. The summed E-state index contributed by atoms with van der Waals surface area (Å²) in [6.45, 7) is 0. The second-order valence-corrected chi connectivity index (χ2v) is 17.4. The van der Waals surface area contributed by atoms with Gasteiger partial charge in [-0.25, -0.2) is 15.0 Å². The van der Waals surface area contributed by atoms with Crippen LogP contribution in [-0.2, 0) is 5.41 Å². The number of fused-ring (bicyclic) bond motifs is 17. The molecule has 0 saturated carbocycles. The van der Waals surface area contributed by atoms with E-state index in [0.29, 0.717) is 17.5 Å². The Hall–Kier alpha value is -8.73. The Bertz CT molecular complexity index is 3820. The van der Waals surface area contributed by atoms with Crippen molar-refractivity contribution < 1.29 is 0 Å². The van der Waals surface area contributed by atoms with Gasteiger partial charge in [-0.3, -0.25) is 0 Å². The molecule has 2 aromatic heterocycles. The average Bonchev–Trinajstić information content (AvgIpc) is 4.02. The van der Waals surface area contributed by atoms with Crippen LogP contribution in [0, 0.1) is 0 Å². The number of aromatic nitrogens is 4. The van der Waals surface area contributed by atoms with Crippen LogP contribution < -0.4 is 0 Å². The molecule has 2 aliphatic rings. The monoisotopic (exact) mass is 838 g/mol. The number of nitrogens with zero attached hydrogens (tertiary/aromatic N) is 4. The number of benzene rings is 10. The van der Waals surface area contributed by atoms with E-state index >= 15 is 0 Å². The maximum Gasteiger partial charge on any atom is 0.164 e. The van der Waals surface area contributed by atoms with Crippen LogP contribution in [-0.4, -0.2) is 19.5 Å². The molecule has 14 rings (SSSR count).